The van der Waals surface area contributed by atoms with Crippen LogP contribution in [0.4, 0.5) is 5.69 Å². The van der Waals surface area contributed by atoms with E-state index in [0.717, 1.165) is 18.2 Å². The summed E-state index contributed by atoms with van der Waals surface area (Å²) in [6, 6.07) is 3.55. The number of esters is 1. The van der Waals surface area contributed by atoms with E-state index in [2.05, 4.69) is 4.74 Å². The van der Waals surface area contributed by atoms with Crippen molar-refractivity contribution in [2.24, 2.45) is 0 Å². The van der Waals surface area contributed by atoms with Crippen LogP contribution in [-0.4, -0.2) is 29.1 Å². The van der Waals surface area contributed by atoms with Crippen molar-refractivity contribution >= 4 is 23.7 Å². The molecule has 1 aromatic carbocycles. The monoisotopic (exact) mass is 251 g/mol. The van der Waals surface area contributed by atoms with Crippen LogP contribution in [0.15, 0.2) is 24.3 Å². The van der Waals surface area contributed by atoms with E-state index in [1.54, 1.807) is 0 Å². The topological polar surface area (TPSA) is 107 Å². The lowest BCUT2D eigenvalue weighted by Gasteiger charge is -2.01. The van der Waals surface area contributed by atoms with Gasteiger partial charge in [-0.15, -0.1) is 0 Å². The Morgan fingerprint density at radius 3 is 2.61 bits per heavy atom. The number of nitro groups is 1. The predicted molar refractivity (Wildman–Crippen MR) is 61.1 cm³/mol. The Kier molecular flexibility index (Phi) is 4.14. The summed E-state index contributed by atoms with van der Waals surface area (Å²) in [4.78, 5) is 31.7. The van der Waals surface area contributed by atoms with Crippen LogP contribution in [-0.2, 0) is 9.53 Å². The highest BCUT2D eigenvalue weighted by molar-refractivity contribution is 5.92. The number of carbonyl (C=O) groups excluding carboxylic acids is 1. The number of carboxylic acids is 1. The Labute approximate surface area is 101 Å². The molecule has 0 saturated heterocycles. The molecule has 0 unspecified atom stereocenters. The maximum absolute atomic E-state index is 11.3. The van der Waals surface area contributed by atoms with E-state index < -0.39 is 16.9 Å². The second-order valence-corrected chi connectivity index (χ2v) is 3.19. The maximum Gasteiger partial charge on any atom is 0.337 e. The fourth-order valence-corrected chi connectivity index (χ4v) is 1.26. The van der Waals surface area contributed by atoms with Gasteiger partial charge in [0.05, 0.1) is 23.2 Å². The minimum Gasteiger partial charge on any atom is -0.478 e. The lowest BCUT2D eigenvalue weighted by molar-refractivity contribution is -0.385. The Morgan fingerprint density at radius 2 is 2.11 bits per heavy atom. The van der Waals surface area contributed by atoms with Gasteiger partial charge >= 0.3 is 11.9 Å². The predicted octanol–water partition coefficient (Wildman–Crippen LogP) is 1.48. The summed E-state index contributed by atoms with van der Waals surface area (Å²) in [5.41, 5.74) is -0.168. The first-order valence-electron chi connectivity index (χ1n) is 4.73. The molecule has 1 N–H and O–H groups in total. The summed E-state index contributed by atoms with van der Waals surface area (Å²) in [6.45, 7) is 0. The number of ether oxygens (including phenoxy) is 1. The normalized spacial score (nSPS) is 10.3. The smallest absolute Gasteiger partial charge is 0.337 e. The zero-order valence-electron chi connectivity index (χ0n) is 9.32. The Morgan fingerprint density at radius 1 is 1.44 bits per heavy atom. The first-order valence-corrected chi connectivity index (χ1v) is 4.73. The van der Waals surface area contributed by atoms with E-state index in [0.29, 0.717) is 0 Å². The molecule has 1 aromatic rings. The van der Waals surface area contributed by atoms with Crippen molar-refractivity contribution < 1.29 is 24.4 Å². The molecule has 0 aliphatic heterocycles. The van der Waals surface area contributed by atoms with Crippen LogP contribution >= 0.6 is 0 Å². The first-order chi connectivity index (χ1) is 8.45. The fraction of sp³-hybridized carbons (Fsp3) is 0.0909. The SMILES string of the molecule is COC(=O)c1ccc([N+](=O)[O-])c(/C=C/C(=O)O)c1. The van der Waals surface area contributed by atoms with E-state index in [9.17, 15) is 19.7 Å². The molecule has 0 radical (unpaired) electrons. The zero-order chi connectivity index (χ0) is 13.7. The summed E-state index contributed by atoms with van der Waals surface area (Å²) in [5.74, 6) is -1.90. The number of nitro benzene ring substituents is 1. The van der Waals surface area contributed by atoms with Crippen LogP contribution in [0.2, 0.25) is 0 Å². The zero-order valence-corrected chi connectivity index (χ0v) is 9.32. The van der Waals surface area contributed by atoms with E-state index in [1.807, 2.05) is 0 Å². The fourth-order valence-electron chi connectivity index (χ4n) is 1.26. The summed E-state index contributed by atoms with van der Waals surface area (Å²) < 4.78 is 4.47. The average Bonchev–Trinajstić information content (AvgIpc) is 2.34. The molecule has 94 valence electrons. The minimum absolute atomic E-state index is 0.0188. The van der Waals surface area contributed by atoms with Crippen LogP contribution in [0.25, 0.3) is 6.08 Å². The second kappa shape index (κ2) is 5.58. The highest BCUT2D eigenvalue weighted by Gasteiger charge is 2.15. The lowest BCUT2D eigenvalue weighted by Crippen LogP contribution is -2.02. The third kappa shape index (κ3) is 3.14. The van der Waals surface area contributed by atoms with Gasteiger partial charge in [0.25, 0.3) is 5.69 Å². The third-order valence-corrected chi connectivity index (χ3v) is 2.05. The molecule has 7 nitrogen and oxygen atoms in total. The summed E-state index contributed by atoms with van der Waals surface area (Å²) in [6.07, 6.45) is 1.80. The number of hydrogen-bond acceptors (Lipinski definition) is 5. The van der Waals surface area contributed by atoms with Crippen molar-refractivity contribution in [1.82, 2.24) is 0 Å². The minimum atomic E-state index is -1.24. The van der Waals surface area contributed by atoms with Gasteiger partial charge in [-0.2, -0.15) is 0 Å². The second-order valence-electron chi connectivity index (χ2n) is 3.19. The van der Waals surface area contributed by atoms with Crippen molar-refractivity contribution in [2.45, 2.75) is 0 Å². The maximum atomic E-state index is 11.3. The lowest BCUT2D eigenvalue weighted by atomic mass is 10.1. The van der Waals surface area contributed by atoms with Crippen LogP contribution < -0.4 is 0 Å². The number of hydrogen-bond donors (Lipinski definition) is 1. The van der Waals surface area contributed by atoms with Gasteiger partial charge < -0.3 is 9.84 Å². The summed E-state index contributed by atoms with van der Waals surface area (Å²) >= 11 is 0. The number of carbonyl (C=O) groups is 2. The molecule has 0 aliphatic carbocycles. The van der Waals surface area contributed by atoms with Crippen molar-refractivity contribution in [2.75, 3.05) is 7.11 Å². The standard InChI is InChI=1S/C11H9NO6/c1-18-11(15)8-2-4-9(12(16)17)7(6-8)3-5-10(13)14/h2-6H,1H3,(H,13,14)/b5-3+. The van der Waals surface area contributed by atoms with Crippen molar-refractivity contribution in [3.05, 3.63) is 45.5 Å². The molecule has 0 heterocycles. The molecule has 0 atom stereocenters. The number of rotatable bonds is 4. The van der Waals surface area contributed by atoms with E-state index in [-0.39, 0.29) is 16.8 Å². The molecule has 0 bridgehead atoms. The third-order valence-electron chi connectivity index (χ3n) is 2.05. The van der Waals surface area contributed by atoms with Crippen molar-refractivity contribution in [3.8, 4) is 0 Å². The number of methoxy groups -OCH3 is 1. The molecule has 0 amide bonds. The van der Waals surface area contributed by atoms with Gasteiger partial charge in [0.15, 0.2) is 0 Å². The molecule has 0 spiro atoms. The quantitative estimate of drug-likeness (QED) is 0.376. The van der Waals surface area contributed by atoms with Crippen LogP contribution in [0.5, 0.6) is 0 Å². The number of nitrogens with zero attached hydrogens (tertiary/aromatic N) is 1. The summed E-state index contributed by atoms with van der Waals surface area (Å²) in [7, 11) is 1.18. The Bertz CT molecular complexity index is 534. The molecule has 0 aliphatic rings. The van der Waals surface area contributed by atoms with Crippen molar-refractivity contribution in [1.29, 1.82) is 0 Å². The number of carboxylic acid groups (broad SMARTS) is 1. The highest BCUT2D eigenvalue weighted by Crippen LogP contribution is 2.21. The average molecular weight is 251 g/mol. The molecular weight excluding hydrogens is 242 g/mol. The summed E-state index contributed by atoms with van der Waals surface area (Å²) in [5, 5.41) is 19.2. The van der Waals surface area contributed by atoms with Gasteiger partial charge in [0.2, 0.25) is 0 Å². The van der Waals surface area contributed by atoms with Gasteiger partial charge in [-0.1, -0.05) is 0 Å². The number of benzene rings is 1. The molecule has 0 fully saturated rings. The molecule has 0 saturated carbocycles. The largest absolute Gasteiger partial charge is 0.478 e. The molecule has 0 aromatic heterocycles. The first kappa shape index (κ1) is 13.4. The molecule has 18 heavy (non-hydrogen) atoms. The highest BCUT2D eigenvalue weighted by atomic mass is 16.6. The van der Waals surface area contributed by atoms with Gasteiger partial charge in [0, 0.05) is 12.1 Å². The molecule has 1 rings (SSSR count). The van der Waals surface area contributed by atoms with E-state index in [1.165, 1.54) is 19.2 Å². The van der Waals surface area contributed by atoms with Gasteiger partial charge in [0.1, 0.15) is 0 Å². The van der Waals surface area contributed by atoms with Crippen LogP contribution in [0, 0.1) is 10.1 Å². The number of aliphatic carboxylic acids is 1. The van der Waals surface area contributed by atoms with E-state index in [4.69, 9.17) is 5.11 Å². The van der Waals surface area contributed by atoms with Gasteiger partial charge in [-0.3, -0.25) is 10.1 Å². The van der Waals surface area contributed by atoms with Crippen LogP contribution in [0.3, 0.4) is 0 Å². The van der Waals surface area contributed by atoms with Crippen molar-refractivity contribution in [3.63, 3.8) is 0 Å². The molecular formula is C11H9NO6. The van der Waals surface area contributed by atoms with E-state index >= 15 is 0 Å². The van der Waals surface area contributed by atoms with Gasteiger partial charge in [-0.25, -0.2) is 9.59 Å². The molecule has 7 heteroatoms. The van der Waals surface area contributed by atoms with Crippen LogP contribution in [0.1, 0.15) is 15.9 Å². The Balaban J connectivity index is 3.28. The Hall–Kier alpha value is -2.70. The van der Waals surface area contributed by atoms with Gasteiger partial charge in [-0.05, 0) is 18.2 Å².